The number of carbonyl (C=O) groups excluding carboxylic acids is 4. The second-order valence-corrected chi connectivity index (χ2v) is 17.6. The van der Waals surface area contributed by atoms with Crippen LogP contribution in [0.15, 0.2) is 0 Å². The molecule has 1 amide bonds. The number of carbonyl (C=O) groups is 4. The van der Waals surface area contributed by atoms with Crippen molar-refractivity contribution in [1.29, 1.82) is 0 Å². The van der Waals surface area contributed by atoms with Crippen LogP contribution in [-0.4, -0.2) is 150 Å². The molecular formula is C36H66N6O7. The van der Waals surface area contributed by atoms with Gasteiger partial charge in [-0.3, -0.25) is 38.8 Å². The molecule has 3 N–H and O–H groups in total. The van der Waals surface area contributed by atoms with E-state index in [-0.39, 0.29) is 61.1 Å². The maximum Gasteiger partial charge on any atom is 0.320 e. The summed E-state index contributed by atoms with van der Waals surface area (Å²) in [6.45, 7) is 21.1. The van der Waals surface area contributed by atoms with Gasteiger partial charge in [0.2, 0.25) is 5.91 Å². The molecule has 0 aromatic heterocycles. The van der Waals surface area contributed by atoms with Crippen LogP contribution in [-0.2, 0) is 33.4 Å². The van der Waals surface area contributed by atoms with Gasteiger partial charge in [-0.25, -0.2) is 0 Å². The predicted octanol–water partition coefficient (Wildman–Crippen LogP) is 2.15. The van der Waals surface area contributed by atoms with Crippen molar-refractivity contribution in [3.05, 3.63) is 0 Å². The molecule has 0 unspecified atom stereocenters. The summed E-state index contributed by atoms with van der Waals surface area (Å²) in [7, 11) is 0. The van der Waals surface area contributed by atoms with Crippen LogP contribution in [0.5, 0.6) is 0 Å². The highest BCUT2D eigenvalue weighted by Crippen LogP contribution is 2.45. The molecule has 4 aliphatic rings. The molecule has 4 fully saturated rings. The normalized spacial score (nSPS) is 25.9. The van der Waals surface area contributed by atoms with E-state index in [0.29, 0.717) is 52.4 Å². The molecule has 0 aromatic carbocycles. The van der Waals surface area contributed by atoms with Crippen LogP contribution in [0.4, 0.5) is 0 Å². The molecule has 13 nitrogen and oxygen atoms in total. The summed E-state index contributed by atoms with van der Waals surface area (Å²) in [5.74, 6) is -0.993. The van der Waals surface area contributed by atoms with Crippen molar-refractivity contribution < 1.29 is 33.4 Å². The Morgan fingerprint density at radius 1 is 0.510 bits per heavy atom. The van der Waals surface area contributed by atoms with Gasteiger partial charge >= 0.3 is 17.9 Å². The third kappa shape index (κ3) is 15.6. The lowest BCUT2D eigenvalue weighted by Gasteiger charge is -2.52. The minimum absolute atomic E-state index is 0.0144. The van der Waals surface area contributed by atoms with Crippen molar-refractivity contribution in [3.63, 3.8) is 0 Å². The van der Waals surface area contributed by atoms with Crippen molar-refractivity contribution in [1.82, 2.24) is 24.9 Å². The van der Waals surface area contributed by atoms with Crippen molar-refractivity contribution in [2.75, 3.05) is 78.5 Å². The largest absolute Gasteiger partial charge is 0.459 e. The molecule has 282 valence electrons. The zero-order valence-corrected chi connectivity index (χ0v) is 32.0. The maximum atomic E-state index is 13.6. The molecule has 49 heavy (non-hydrogen) atoms. The lowest BCUT2D eigenvalue weighted by Crippen LogP contribution is -2.62. The fourth-order valence-electron chi connectivity index (χ4n) is 6.82. The third-order valence-electron chi connectivity index (χ3n) is 9.32. The van der Waals surface area contributed by atoms with E-state index in [1.807, 2.05) is 77.0 Å². The monoisotopic (exact) mass is 694 g/mol. The van der Waals surface area contributed by atoms with E-state index in [9.17, 15) is 19.2 Å². The zero-order valence-electron chi connectivity index (χ0n) is 32.0. The maximum absolute atomic E-state index is 13.6. The van der Waals surface area contributed by atoms with Gasteiger partial charge in [0, 0.05) is 63.4 Å². The lowest BCUT2D eigenvalue weighted by molar-refractivity contribution is -0.158. The van der Waals surface area contributed by atoms with E-state index in [2.05, 4.69) is 10.2 Å². The van der Waals surface area contributed by atoms with E-state index >= 15 is 0 Å². The highest BCUT2D eigenvalue weighted by molar-refractivity contribution is 5.79. The van der Waals surface area contributed by atoms with Gasteiger partial charge in [0.15, 0.2) is 0 Å². The van der Waals surface area contributed by atoms with Gasteiger partial charge < -0.3 is 25.3 Å². The van der Waals surface area contributed by atoms with Gasteiger partial charge in [-0.2, -0.15) is 0 Å². The number of nitrogens with zero attached hydrogens (tertiary/aromatic N) is 4. The topological polar surface area (TPSA) is 147 Å². The Morgan fingerprint density at radius 3 is 1.04 bits per heavy atom. The Morgan fingerprint density at radius 2 is 0.776 bits per heavy atom. The molecule has 3 aliphatic carbocycles. The third-order valence-corrected chi connectivity index (χ3v) is 9.32. The van der Waals surface area contributed by atoms with Crippen molar-refractivity contribution in [2.24, 2.45) is 5.73 Å². The molecule has 2 bridgehead atoms. The summed E-state index contributed by atoms with van der Waals surface area (Å²) >= 11 is 0. The minimum Gasteiger partial charge on any atom is -0.459 e. The van der Waals surface area contributed by atoms with Gasteiger partial charge in [-0.1, -0.05) is 0 Å². The number of amides is 1. The Kier molecular flexibility index (Phi) is 14.1. The fraction of sp³-hybridized carbons (Fsp3) is 0.889. The Balaban J connectivity index is 1.78. The number of hydrogen-bond acceptors (Lipinski definition) is 12. The molecule has 1 saturated heterocycles. The number of fused-ring (bicyclic) bond motifs is 3. The number of esters is 3. The molecular weight excluding hydrogens is 628 g/mol. The van der Waals surface area contributed by atoms with Crippen LogP contribution in [0.2, 0.25) is 0 Å². The van der Waals surface area contributed by atoms with E-state index in [4.69, 9.17) is 19.9 Å². The van der Waals surface area contributed by atoms with Crippen LogP contribution in [0, 0.1) is 0 Å². The minimum atomic E-state index is -0.618. The van der Waals surface area contributed by atoms with Crippen LogP contribution in [0.1, 0.15) is 101 Å². The van der Waals surface area contributed by atoms with Gasteiger partial charge in [0.25, 0.3) is 0 Å². The Hall–Kier alpha value is -2.32. The Bertz CT molecular complexity index is 1070. The molecule has 0 radical (unpaired) electrons. The summed E-state index contributed by atoms with van der Waals surface area (Å²) < 4.78 is 16.9. The average Bonchev–Trinajstić information content (AvgIpc) is 2.92. The first-order valence-electron chi connectivity index (χ1n) is 18.2. The van der Waals surface area contributed by atoms with Gasteiger partial charge in [-0.05, 0) is 101 Å². The van der Waals surface area contributed by atoms with Crippen molar-refractivity contribution >= 4 is 23.8 Å². The zero-order chi connectivity index (χ0) is 36.7. The lowest BCUT2D eigenvalue weighted by atomic mass is 9.62. The molecule has 0 aromatic rings. The quantitative estimate of drug-likeness (QED) is 0.269. The SMILES string of the molecule is CC(C)(C)OC(=O)CN1CCN(CC(=O)NC23CCC(N)(CC2)CC3)CCN(CC(=O)OC(C)(C)C)CCN(CC(=O)OC(C)(C)C)CC1. The van der Waals surface area contributed by atoms with Crippen LogP contribution < -0.4 is 11.1 Å². The molecule has 4 rings (SSSR count). The van der Waals surface area contributed by atoms with Crippen LogP contribution in [0.3, 0.4) is 0 Å². The number of ether oxygens (including phenoxy) is 3. The van der Waals surface area contributed by atoms with Gasteiger partial charge in [0.05, 0.1) is 26.2 Å². The molecule has 0 atom stereocenters. The number of nitrogens with one attached hydrogen (secondary N) is 1. The summed E-state index contributed by atoms with van der Waals surface area (Å²) in [4.78, 5) is 60.6. The standard InChI is InChI=1S/C36H66N6O7/c1-32(2,3)47-29(44)25-40-18-16-39(24-28(43)38-36-13-10-35(37,11-14-36)12-15-36)17-19-41(26-30(45)48-33(4,5)6)21-23-42(22-20-40)27-31(46)49-34(7,8)9/h10-27,37H2,1-9H3,(H,38,43). The summed E-state index contributed by atoms with van der Waals surface area (Å²) in [5.41, 5.74) is 4.40. The molecule has 1 heterocycles. The summed E-state index contributed by atoms with van der Waals surface area (Å²) in [5, 5.41) is 3.39. The van der Waals surface area contributed by atoms with Crippen LogP contribution >= 0.6 is 0 Å². The van der Waals surface area contributed by atoms with E-state index < -0.39 is 16.8 Å². The first-order chi connectivity index (χ1) is 22.5. The Labute approximate surface area is 294 Å². The fourth-order valence-corrected chi connectivity index (χ4v) is 6.82. The predicted molar refractivity (Wildman–Crippen MR) is 189 cm³/mol. The smallest absolute Gasteiger partial charge is 0.320 e. The first-order valence-corrected chi connectivity index (χ1v) is 18.2. The highest BCUT2D eigenvalue weighted by atomic mass is 16.6. The molecule has 1 aliphatic heterocycles. The van der Waals surface area contributed by atoms with E-state index in [0.717, 1.165) is 38.5 Å². The summed E-state index contributed by atoms with van der Waals surface area (Å²) in [6.07, 6.45) is 5.51. The highest BCUT2D eigenvalue weighted by Gasteiger charge is 2.47. The molecule has 3 saturated carbocycles. The second-order valence-electron chi connectivity index (χ2n) is 17.6. The van der Waals surface area contributed by atoms with Crippen molar-refractivity contribution in [3.8, 4) is 0 Å². The number of hydrogen-bond donors (Lipinski definition) is 2. The molecule has 13 heteroatoms. The molecule has 0 spiro atoms. The van der Waals surface area contributed by atoms with Gasteiger partial charge in [-0.15, -0.1) is 0 Å². The van der Waals surface area contributed by atoms with Crippen LogP contribution in [0.25, 0.3) is 0 Å². The number of nitrogens with two attached hydrogens (primary N) is 1. The second kappa shape index (κ2) is 16.8. The summed E-state index contributed by atoms with van der Waals surface area (Å²) in [6, 6.07) is 0. The van der Waals surface area contributed by atoms with E-state index in [1.165, 1.54) is 0 Å². The van der Waals surface area contributed by atoms with E-state index in [1.54, 1.807) is 0 Å². The van der Waals surface area contributed by atoms with Gasteiger partial charge in [0.1, 0.15) is 16.8 Å². The van der Waals surface area contributed by atoms with Crippen molar-refractivity contribution in [2.45, 2.75) is 129 Å². The first kappa shape index (κ1) is 41.1. The number of rotatable bonds is 9. The average molecular weight is 695 g/mol.